The molecule has 0 spiro atoms. The van der Waals surface area contributed by atoms with Gasteiger partial charge in [-0.15, -0.1) is 0 Å². The average Bonchev–Trinajstić information content (AvgIpc) is 2.32. The van der Waals surface area contributed by atoms with Crippen molar-refractivity contribution >= 4 is 10.7 Å². The molecule has 2 rings (SSSR count). The summed E-state index contributed by atoms with van der Waals surface area (Å²) in [6, 6.07) is 11.6. The SMILES string of the molecule is O=[SH](=O)c1cccc(Oc2ccc(F)cc2)c1. The van der Waals surface area contributed by atoms with Crippen LogP contribution in [-0.4, -0.2) is 8.42 Å². The molecular formula is C12H9FO3S. The van der Waals surface area contributed by atoms with E-state index in [0.717, 1.165) is 0 Å². The minimum atomic E-state index is -2.63. The first-order valence-electron chi connectivity index (χ1n) is 4.83. The van der Waals surface area contributed by atoms with Gasteiger partial charge in [0.05, 0.1) is 4.90 Å². The topological polar surface area (TPSA) is 43.4 Å². The fourth-order valence-corrected chi connectivity index (χ4v) is 1.74. The minimum absolute atomic E-state index is 0.180. The zero-order valence-electron chi connectivity index (χ0n) is 8.67. The number of halogens is 1. The van der Waals surface area contributed by atoms with Gasteiger partial charge in [0.25, 0.3) is 0 Å². The van der Waals surface area contributed by atoms with Crippen LogP contribution in [0.1, 0.15) is 0 Å². The van der Waals surface area contributed by atoms with E-state index < -0.39 is 10.7 Å². The van der Waals surface area contributed by atoms with Crippen molar-refractivity contribution in [2.24, 2.45) is 0 Å². The Morgan fingerprint density at radius 2 is 1.65 bits per heavy atom. The first-order valence-corrected chi connectivity index (χ1v) is 6.01. The predicted molar refractivity (Wildman–Crippen MR) is 61.5 cm³/mol. The van der Waals surface area contributed by atoms with Crippen LogP contribution in [0.25, 0.3) is 0 Å². The van der Waals surface area contributed by atoms with E-state index in [0.29, 0.717) is 11.5 Å². The Morgan fingerprint density at radius 3 is 2.29 bits per heavy atom. The fraction of sp³-hybridized carbons (Fsp3) is 0. The third-order valence-corrected chi connectivity index (χ3v) is 2.78. The van der Waals surface area contributed by atoms with Crippen LogP contribution in [0.4, 0.5) is 4.39 Å². The van der Waals surface area contributed by atoms with Gasteiger partial charge in [-0.1, -0.05) is 6.07 Å². The summed E-state index contributed by atoms with van der Waals surface area (Å²) in [5.41, 5.74) is 0. The molecule has 0 radical (unpaired) electrons. The molecule has 2 aromatic carbocycles. The van der Waals surface area contributed by atoms with Crippen LogP contribution >= 0.6 is 0 Å². The first kappa shape index (κ1) is 11.6. The van der Waals surface area contributed by atoms with E-state index in [1.165, 1.54) is 36.4 Å². The lowest BCUT2D eigenvalue weighted by molar-refractivity contribution is 0.479. The largest absolute Gasteiger partial charge is 0.457 e. The van der Waals surface area contributed by atoms with Crippen LogP contribution in [0.15, 0.2) is 53.4 Å². The molecule has 0 aliphatic heterocycles. The summed E-state index contributed by atoms with van der Waals surface area (Å²) in [6.07, 6.45) is 0. The summed E-state index contributed by atoms with van der Waals surface area (Å²) in [6.45, 7) is 0. The summed E-state index contributed by atoms with van der Waals surface area (Å²) in [7, 11) is -2.63. The Hall–Kier alpha value is -1.88. The Bertz CT molecular complexity index is 583. The van der Waals surface area contributed by atoms with Crippen LogP contribution in [-0.2, 0) is 10.7 Å². The van der Waals surface area contributed by atoms with Gasteiger partial charge in [0.2, 0.25) is 0 Å². The number of ether oxygens (including phenoxy) is 1. The molecule has 0 saturated heterocycles. The van der Waals surface area contributed by atoms with Crippen molar-refractivity contribution < 1.29 is 17.5 Å². The van der Waals surface area contributed by atoms with Crippen LogP contribution < -0.4 is 4.74 Å². The lowest BCUT2D eigenvalue weighted by Crippen LogP contribution is -1.86. The van der Waals surface area contributed by atoms with Gasteiger partial charge in [0.15, 0.2) is 10.7 Å². The summed E-state index contributed by atoms with van der Waals surface area (Å²) in [5, 5.41) is 0. The third-order valence-electron chi connectivity index (χ3n) is 2.08. The van der Waals surface area contributed by atoms with Crippen molar-refractivity contribution in [2.75, 3.05) is 0 Å². The Kier molecular flexibility index (Phi) is 3.39. The molecule has 0 aliphatic rings. The molecule has 0 heterocycles. The number of rotatable bonds is 3. The van der Waals surface area contributed by atoms with Crippen molar-refractivity contribution in [3.63, 3.8) is 0 Å². The molecule has 0 bridgehead atoms. The van der Waals surface area contributed by atoms with Gasteiger partial charge >= 0.3 is 0 Å². The number of hydrogen-bond donors (Lipinski definition) is 1. The molecule has 0 N–H and O–H groups in total. The third kappa shape index (κ3) is 3.04. The maximum atomic E-state index is 12.7. The molecule has 2 aromatic rings. The summed E-state index contributed by atoms with van der Waals surface area (Å²) in [5.74, 6) is 0.492. The maximum absolute atomic E-state index is 12.7. The molecule has 0 saturated carbocycles. The van der Waals surface area contributed by atoms with Gasteiger partial charge in [-0.3, -0.25) is 0 Å². The zero-order valence-corrected chi connectivity index (χ0v) is 9.56. The lowest BCUT2D eigenvalue weighted by Gasteiger charge is -2.05. The Morgan fingerprint density at radius 1 is 0.941 bits per heavy atom. The van der Waals surface area contributed by atoms with Crippen molar-refractivity contribution in [3.05, 3.63) is 54.3 Å². The highest BCUT2D eigenvalue weighted by Crippen LogP contribution is 2.22. The van der Waals surface area contributed by atoms with Crippen LogP contribution in [0.5, 0.6) is 11.5 Å². The molecule has 0 atom stereocenters. The molecule has 88 valence electrons. The minimum Gasteiger partial charge on any atom is -0.457 e. The molecule has 17 heavy (non-hydrogen) atoms. The van der Waals surface area contributed by atoms with Gasteiger partial charge in [-0.05, 0) is 42.5 Å². The van der Waals surface area contributed by atoms with E-state index in [4.69, 9.17) is 4.74 Å². The molecule has 0 fully saturated rings. The van der Waals surface area contributed by atoms with Gasteiger partial charge in [0, 0.05) is 0 Å². The second-order valence-corrected chi connectivity index (χ2v) is 4.34. The van der Waals surface area contributed by atoms with Crippen molar-refractivity contribution in [2.45, 2.75) is 4.90 Å². The molecule has 3 nitrogen and oxygen atoms in total. The molecule has 0 aromatic heterocycles. The highest BCUT2D eigenvalue weighted by Gasteiger charge is 2.00. The zero-order chi connectivity index (χ0) is 12.3. The number of thiol groups is 1. The van der Waals surface area contributed by atoms with Gasteiger partial charge in [0.1, 0.15) is 17.3 Å². The van der Waals surface area contributed by atoms with Gasteiger partial charge in [-0.2, -0.15) is 0 Å². The van der Waals surface area contributed by atoms with Crippen LogP contribution in [0.3, 0.4) is 0 Å². The van der Waals surface area contributed by atoms with E-state index in [9.17, 15) is 12.8 Å². The monoisotopic (exact) mass is 252 g/mol. The van der Waals surface area contributed by atoms with E-state index in [1.54, 1.807) is 12.1 Å². The molecular weight excluding hydrogens is 243 g/mol. The van der Waals surface area contributed by atoms with Crippen molar-refractivity contribution in [1.82, 2.24) is 0 Å². The van der Waals surface area contributed by atoms with E-state index in [-0.39, 0.29) is 10.7 Å². The van der Waals surface area contributed by atoms with E-state index in [1.807, 2.05) is 0 Å². The molecule has 0 amide bonds. The summed E-state index contributed by atoms with van der Waals surface area (Å²) >= 11 is 0. The second-order valence-electron chi connectivity index (χ2n) is 3.31. The average molecular weight is 252 g/mol. The lowest BCUT2D eigenvalue weighted by atomic mass is 10.3. The van der Waals surface area contributed by atoms with Gasteiger partial charge < -0.3 is 4.74 Å². The number of hydrogen-bond acceptors (Lipinski definition) is 3. The summed E-state index contributed by atoms with van der Waals surface area (Å²) < 4.78 is 39.6. The smallest absolute Gasteiger partial charge is 0.168 e. The molecule has 0 unspecified atom stereocenters. The van der Waals surface area contributed by atoms with Crippen LogP contribution in [0, 0.1) is 5.82 Å². The van der Waals surface area contributed by atoms with E-state index >= 15 is 0 Å². The summed E-state index contributed by atoms with van der Waals surface area (Å²) in [4.78, 5) is 0.180. The second kappa shape index (κ2) is 4.97. The van der Waals surface area contributed by atoms with Crippen LogP contribution in [0.2, 0.25) is 0 Å². The highest BCUT2D eigenvalue weighted by atomic mass is 32.2. The van der Waals surface area contributed by atoms with Gasteiger partial charge in [-0.25, -0.2) is 12.8 Å². The quantitative estimate of drug-likeness (QED) is 0.854. The molecule has 0 aliphatic carbocycles. The standard InChI is InChI=1S/C12H9FO3S/c13-9-4-6-10(7-5-9)16-11-2-1-3-12(8-11)17(14)15/h1-8,17H. The van der Waals surface area contributed by atoms with Crippen molar-refractivity contribution in [1.29, 1.82) is 0 Å². The Labute approximate surface area is 99.4 Å². The predicted octanol–water partition coefficient (Wildman–Crippen LogP) is 2.59. The normalized spacial score (nSPS) is 10.5. The van der Waals surface area contributed by atoms with Crippen molar-refractivity contribution in [3.8, 4) is 11.5 Å². The van der Waals surface area contributed by atoms with E-state index in [2.05, 4.69) is 0 Å². The number of benzene rings is 2. The first-order chi connectivity index (χ1) is 8.15. The Balaban J connectivity index is 2.24. The molecule has 5 heteroatoms. The maximum Gasteiger partial charge on any atom is 0.168 e. The highest BCUT2D eigenvalue weighted by molar-refractivity contribution is 7.72. The fourth-order valence-electron chi connectivity index (χ4n) is 1.30.